The standard InChI is InChI=1S/C24H34N4O3/c1-24(2,3)23(30)26-19-10-11-22(25-16-19)28-13-7-12-27(14-15-28)17-20(29)18-31-21-8-5-4-6-9-21/h4-6,8-11,16,20,29H,7,12-15,17-18H2,1-3H3,(H,26,30). The van der Waals surface area contributed by atoms with Crippen LogP contribution in [0.5, 0.6) is 5.75 Å². The summed E-state index contributed by atoms with van der Waals surface area (Å²) >= 11 is 0. The first-order valence-corrected chi connectivity index (χ1v) is 10.9. The highest BCUT2D eigenvalue weighted by molar-refractivity contribution is 5.94. The number of hydrogen-bond acceptors (Lipinski definition) is 6. The van der Waals surface area contributed by atoms with Gasteiger partial charge in [0.2, 0.25) is 5.91 Å². The Labute approximate surface area is 185 Å². The number of rotatable bonds is 7. The molecular formula is C24H34N4O3. The maximum atomic E-state index is 12.1. The number of aromatic nitrogens is 1. The van der Waals surface area contributed by atoms with Crippen LogP contribution in [0.25, 0.3) is 0 Å². The largest absolute Gasteiger partial charge is 0.491 e. The number of aliphatic hydroxyl groups is 1. The Morgan fingerprint density at radius 1 is 1.13 bits per heavy atom. The molecule has 0 saturated carbocycles. The van der Waals surface area contributed by atoms with Crippen molar-refractivity contribution in [1.82, 2.24) is 9.88 Å². The summed E-state index contributed by atoms with van der Waals surface area (Å²) in [4.78, 5) is 21.2. The van der Waals surface area contributed by atoms with Gasteiger partial charge >= 0.3 is 0 Å². The van der Waals surface area contributed by atoms with Crippen molar-refractivity contribution in [2.24, 2.45) is 5.41 Å². The van der Waals surface area contributed by atoms with Gasteiger partial charge in [-0.05, 0) is 37.2 Å². The number of nitrogens with zero attached hydrogens (tertiary/aromatic N) is 3. The van der Waals surface area contributed by atoms with Gasteiger partial charge in [-0.15, -0.1) is 0 Å². The summed E-state index contributed by atoms with van der Waals surface area (Å²) in [5.74, 6) is 1.66. The van der Waals surface area contributed by atoms with Gasteiger partial charge in [-0.1, -0.05) is 39.0 Å². The number of hydrogen-bond donors (Lipinski definition) is 2. The fraction of sp³-hybridized carbons (Fsp3) is 0.500. The highest BCUT2D eigenvalue weighted by atomic mass is 16.5. The van der Waals surface area contributed by atoms with Gasteiger partial charge in [-0.25, -0.2) is 4.98 Å². The maximum absolute atomic E-state index is 12.1. The van der Waals surface area contributed by atoms with Crippen molar-refractivity contribution < 1.29 is 14.6 Å². The van der Waals surface area contributed by atoms with E-state index in [1.54, 1.807) is 6.20 Å². The SMILES string of the molecule is CC(C)(C)C(=O)Nc1ccc(N2CCCN(CC(O)COc3ccccc3)CC2)nc1. The lowest BCUT2D eigenvalue weighted by atomic mass is 9.96. The molecule has 7 heteroatoms. The molecule has 7 nitrogen and oxygen atoms in total. The normalized spacial score (nSPS) is 16.5. The lowest BCUT2D eigenvalue weighted by Gasteiger charge is -2.24. The molecule has 2 aromatic rings. The van der Waals surface area contributed by atoms with Crippen LogP contribution in [0, 0.1) is 5.41 Å². The maximum Gasteiger partial charge on any atom is 0.229 e. The summed E-state index contributed by atoms with van der Waals surface area (Å²) in [7, 11) is 0. The third-order valence-corrected chi connectivity index (χ3v) is 5.25. The number of para-hydroxylation sites is 1. The highest BCUT2D eigenvalue weighted by Gasteiger charge is 2.22. The molecule has 1 amide bonds. The summed E-state index contributed by atoms with van der Waals surface area (Å²) in [5.41, 5.74) is 0.269. The number of carbonyl (C=O) groups is 1. The monoisotopic (exact) mass is 426 g/mol. The van der Waals surface area contributed by atoms with Crippen molar-refractivity contribution in [2.75, 3.05) is 49.5 Å². The molecule has 1 fully saturated rings. The minimum absolute atomic E-state index is 0.0257. The van der Waals surface area contributed by atoms with Crippen LogP contribution in [0.1, 0.15) is 27.2 Å². The Balaban J connectivity index is 1.46. The van der Waals surface area contributed by atoms with E-state index in [1.165, 1.54) is 0 Å². The number of benzene rings is 1. The van der Waals surface area contributed by atoms with E-state index in [0.717, 1.165) is 44.2 Å². The summed E-state index contributed by atoms with van der Waals surface area (Å²) in [5, 5.41) is 13.3. The van der Waals surface area contributed by atoms with Crippen LogP contribution in [0.2, 0.25) is 0 Å². The predicted molar refractivity (Wildman–Crippen MR) is 124 cm³/mol. The third kappa shape index (κ3) is 7.22. The molecule has 2 heterocycles. The van der Waals surface area contributed by atoms with Gasteiger partial charge < -0.3 is 20.1 Å². The molecule has 1 aromatic carbocycles. The minimum Gasteiger partial charge on any atom is -0.491 e. The summed E-state index contributed by atoms with van der Waals surface area (Å²) in [6.45, 7) is 10.1. The number of aliphatic hydroxyl groups excluding tert-OH is 1. The fourth-order valence-electron chi connectivity index (χ4n) is 3.41. The Kier molecular flexibility index (Phi) is 7.87. The number of anilines is 2. The molecule has 1 aliphatic heterocycles. The van der Waals surface area contributed by atoms with Crippen LogP contribution in [0.4, 0.5) is 11.5 Å². The van der Waals surface area contributed by atoms with E-state index in [1.807, 2.05) is 63.2 Å². The van der Waals surface area contributed by atoms with Gasteiger partial charge in [0, 0.05) is 31.6 Å². The molecular weight excluding hydrogens is 392 g/mol. The molecule has 31 heavy (non-hydrogen) atoms. The van der Waals surface area contributed by atoms with E-state index in [9.17, 15) is 9.90 Å². The average Bonchev–Trinajstić information content (AvgIpc) is 2.98. The van der Waals surface area contributed by atoms with Gasteiger partial charge in [-0.2, -0.15) is 0 Å². The van der Waals surface area contributed by atoms with Crippen LogP contribution in [0.15, 0.2) is 48.7 Å². The van der Waals surface area contributed by atoms with Crippen LogP contribution >= 0.6 is 0 Å². The van der Waals surface area contributed by atoms with Crippen molar-refractivity contribution in [1.29, 1.82) is 0 Å². The number of ether oxygens (including phenoxy) is 1. The number of β-amino-alcohol motifs (C(OH)–C–C–N with tert-alkyl or cyclic N) is 1. The summed E-state index contributed by atoms with van der Waals surface area (Å²) in [6.07, 6.45) is 2.18. The summed E-state index contributed by atoms with van der Waals surface area (Å²) < 4.78 is 5.66. The first kappa shape index (κ1) is 23.0. The Morgan fingerprint density at radius 3 is 2.58 bits per heavy atom. The minimum atomic E-state index is -0.532. The number of carbonyl (C=O) groups excluding carboxylic acids is 1. The molecule has 0 bridgehead atoms. The Hall–Kier alpha value is -2.64. The van der Waals surface area contributed by atoms with E-state index < -0.39 is 11.5 Å². The first-order chi connectivity index (χ1) is 14.8. The first-order valence-electron chi connectivity index (χ1n) is 10.9. The van der Waals surface area contributed by atoms with Crippen LogP contribution in [-0.2, 0) is 4.79 Å². The van der Waals surface area contributed by atoms with Crippen molar-refractivity contribution in [3.63, 3.8) is 0 Å². The zero-order valence-corrected chi connectivity index (χ0v) is 18.8. The van der Waals surface area contributed by atoms with Crippen molar-refractivity contribution in [2.45, 2.75) is 33.3 Å². The Morgan fingerprint density at radius 2 is 1.90 bits per heavy atom. The number of amides is 1. The fourth-order valence-corrected chi connectivity index (χ4v) is 3.41. The second kappa shape index (κ2) is 10.6. The molecule has 1 aliphatic rings. The molecule has 1 atom stereocenters. The summed E-state index contributed by atoms with van der Waals surface area (Å²) in [6, 6.07) is 13.4. The molecule has 168 valence electrons. The smallest absolute Gasteiger partial charge is 0.229 e. The predicted octanol–water partition coefficient (Wildman–Crippen LogP) is 3.02. The van der Waals surface area contributed by atoms with Gasteiger partial charge in [0.25, 0.3) is 0 Å². The average molecular weight is 427 g/mol. The van der Waals surface area contributed by atoms with Gasteiger partial charge in [0.15, 0.2) is 0 Å². The zero-order chi connectivity index (χ0) is 22.3. The molecule has 1 aromatic heterocycles. The van der Waals surface area contributed by atoms with E-state index >= 15 is 0 Å². The molecule has 0 aliphatic carbocycles. The quantitative estimate of drug-likeness (QED) is 0.709. The van der Waals surface area contributed by atoms with E-state index in [2.05, 4.69) is 20.1 Å². The molecule has 1 saturated heterocycles. The van der Waals surface area contributed by atoms with Crippen LogP contribution in [-0.4, -0.2) is 66.3 Å². The van der Waals surface area contributed by atoms with Crippen molar-refractivity contribution >= 4 is 17.4 Å². The second-order valence-electron chi connectivity index (χ2n) is 9.03. The van der Waals surface area contributed by atoms with Crippen molar-refractivity contribution in [3.8, 4) is 5.75 Å². The lowest BCUT2D eigenvalue weighted by Crippen LogP contribution is -2.38. The Bertz CT molecular complexity index is 821. The van der Waals surface area contributed by atoms with Crippen LogP contribution in [0.3, 0.4) is 0 Å². The van der Waals surface area contributed by atoms with Gasteiger partial charge in [-0.3, -0.25) is 9.69 Å². The van der Waals surface area contributed by atoms with Gasteiger partial charge in [0.1, 0.15) is 24.3 Å². The number of pyridine rings is 1. The third-order valence-electron chi connectivity index (χ3n) is 5.25. The molecule has 1 unspecified atom stereocenters. The molecule has 0 spiro atoms. The van der Waals surface area contributed by atoms with Crippen molar-refractivity contribution in [3.05, 3.63) is 48.7 Å². The van der Waals surface area contributed by atoms with Crippen LogP contribution < -0.4 is 15.0 Å². The number of nitrogens with one attached hydrogen (secondary N) is 1. The van der Waals surface area contributed by atoms with Gasteiger partial charge in [0.05, 0.1) is 11.9 Å². The van der Waals surface area contributed by atoms with E-state index in [-0.39, 0.29) is 12.5 Å². The topological polar surface area (TPSA) is 77.9 Å². The van der Waals surface area contributed by atoms with E-state index in [0.29, 0.717) is 12.2 Å². The second-order valence-corrected chi connectivity index (χ2v) is 9.03. The van der Waals surface area contributed by atoms with E-state index in [4.69, 9.17) is 4.74 Å². The molecule has 0 radical (unpaired) electrons. The highest BCUT2D eigenvalue weighted by Crippen LogP contribution is 2.20. The molecule has 3 rings (SSSR count). The molecule has 2 N–H and O–H groups in total. The zero-order valence-electron chi connectivity index (χ0n) is 18.8. The lowest BCUT2D eigenvalue weighted by molar-refractivity contribution is -0.123.